The topological polar surface area (TPSA) is 46.2 Å². The molecule has 5 heteroatoms. The van der Waals surface area contributed by atoms with Crippen molar-refractivity contribution in [2.75, 3.05) is 30.9 Å². The van der Waals surface area contributed by atoms with Crippen molar-refractivity contribution in [3.63, 3.8) is 0 Å². The quantitative estimate of drug-likeness (QED) is 0.786. The standard InChI is InChI=1S/C15H23NO2S2/c1-16-11-13(14-8-10-20(17,18)12-14)7-9-19-15-5-3-2-4-6-15/h2-6,13-14,16H,7-12H2,1H3. The van der Waals surface area contributed by atoms with E-state index in [-0.39, 0.29) is 0 Å². The van der Waals surface area contributed by atoms with Crippen LogP contribution >= 0.6 is 11.8 Å². The molecular formula is C15H23NO2S2. The average Bonchev–Trinajstić information content (AvgIpc) is 2.79. The van der Waals surface area contributed by atoms with E-state index in [1.54, 1.807) is 0 Å². The molecule has 0 aromatic heterocycles. The molecule has 20 heavy (non-hydrogen) atoms. The van der Waals surface area contributed by atoms with Gasteiger partial charge in [0.1, 0.15) is 0 Å². The van der Waals surface area contributed by atoms with Gasteiger partial charge in [-0.05, 0) is 56.2 Å². The molecule has 1 aliphatic rings. The maximum atomic E-state index is 11.6. The van der Waals surface area contributed by atoms with E-state index in [2.05, 4.69) is 29.6 Å². The van der Waals surface area contributed by atoms with Crippen molar-refractivity contribution >= 4 is 21.6 Å². The van der Waals surface area contributed by atoms with E-state index in [4.69, 9.17) is 0 Å². The Morgan fingerprint density at radius 1 is 1.35 bits per heavy atom. The van der Waals surface area contributed by atoms with Crippen LogP contribution in [-0.4, -0.2) is 39.3 Å². The summed E-state index contributed by atoms with van der Waals surface area (Å²) >= 11 is 1.86. The zero-order valence-corrected chi connectivity index (χ0v) is 13.6. The molecule has 1 heterocycles. The minimum atomic E-state index is -2.77. The summed E-state index contributed by atoms with van der Waals surface area (Å²) in [4.78, 5) is 1.29. The second-order valence-corrected chi connectivity index (χ2v) is 8.83. The van der Waals surface area contributed by atoms with Crippen molar-refractivity contribution in [2.45, 2.75) is 17.7 Å². The summed E-state index contributed by atoms with van der Waals surface area (Å²) in [5.74, 6) is 2.61. The molecule has 1 N–H and O–H groups in total. The third kappa shape index (κ3) is 4.79. The summed E-state index contributed by atoms with van der Waals surface area (Å²) in [6.45, 7) is 0.912. The van der Waals surface area contributed by atoms with Gasteiger partial charge in [0.25, 0.3) is 0 Å². The van der Waals surface area contributed by atoms with E-state index in [9.17, 15) is 8.42 Å². The van der Waals surface area contributed by atoms with Crippen molar-refractivity contribution in [3.05, 3.63) is 30.3 Å². The lowest BCUT2D eigenvalue weighted by Gasteiger charge is -2.22. The molecule has 2 rings (SSSR count). The summed E-state index contributed by atoms with van der Waals surface area (Å²) in [5.41, 5.74) is 0. The number of rotatable bonds is 7. The Morgan fingerprint density at radius 3 is 2.70 bits per heavy atom. The van der Waals surface area contributed by atoms with Gasteiger partial charge in [0.05, 0.1) is 11.5 Å². The average molecular weight is 313 g/mol. The van der Waals surface area contributed by atoms with E-state index in [0.29, 0.717) is 23.3 Å². The van der Waals surface area contributed by atoms with E-state index in [1.165, 1.54) is 4.90 Å². The Bertz CT molecular complexity index is 502. The number of hydrogen-bond donors (Lipinski definition) is 1. The highest BCUT2D eigenvalue weighted by Crippen LogP contribution is 2.30. The van der Waals surface area contributed by atoms with Crippen LogP contribution in [0.2, 0.25) is 0 Å². The van der Waals surface area contributed by atoms with Crippen molar-refractivity contribution in [1.82, 2.24) is 5.32 Å². The van der Waals surface area contributed by atoms with Gasteiger partial charge < -0.3 is 5.32 Å². The van der Waals surface area contributed by atoms with Gasteiger partial charge in [-0.2, -0.15) is 0 Å². The Balaban J connectivity index is 1.83. The van der Waals surface area contributed by atoms with Gasteiger partial charge in [-0.3, -0.25) is 0 Å². The molecule has 1 aliphatic heterocycles. The first-order chi connectivity index (χ1) is 9.61. The Labute approximate surface area is 126 Å². The molecule has 0 spiro atoms. The molecule has 0 aliphatic carbocycles. The van der Waals surface area contributed by atoms with Gasteiger partial charge in [0.2, 0.25) is 0 Å². The normalized spacial score (nSPS) is 22.8. The minimum absolute atomic E-state index is 0.337. The lowest BCUT2D eigenvalue weighted by Crippen LogP contribution is -2.27. The summed E-state index contributed by atoms with van der Waals surface area (Å²) in [7, 11) is -0.825. The molecule has 3 nitrogen and oxygen atoms in total. The minimum Gasteiger partial charge on any atom is -0.319 e. The summed E-state index contributed by atoms with van der Waals surface area (Å²) in [6, 6.07) is 10.4. The number of nitrogens with one attached hydrogen (secondary N) is 1. The Hall–Kier alpha value is -0.520. The smallest absolute Gasteiger partial charge is 0.150 e. The van der Waals surface area contributed by atoms with E-state index in [1.807, 2.05) is 24.9 Å². The first kappa shape index (κ1) is 15.9. The lowest BCUT2D eigenvalue weighted by atomic mass is 9.89. The lowest BCUT2D eigenvalue weighted by molar-refractivity contribution is 0.346. The van der Waals surface area contributed by atoms with Crippen LogP contribution in [0.3, 0.4) is 0 Å². The van der Waals surface area contributed by atoms with Gasteiger partial charge >= 0.3 is 0 Å². The van der Waals surface area contributed by atoms with E-state index >= 15 is 0 Å². The number of benzene rings is 1. The first-order valence-corrected chi connectivity index (χ1v) is 9.94. The highest BCUT2D eigenvalue weighted by molar-refractivity contribution is 7.99. The van der Waals surface area contributed by atoms with Crippen molar-refractivity contribution in [2.24, 2.45) is 11.8 Å². The molecule has 2 atom stereocenters. The summed E-state index contributed by atoms with van der Waals surface area (Å²) < 4.78 is 23.2. The Morgan fingerprint density at radius 2 is 2.10 bits per heavy atom. The van der Waals surface area contributed by atoms with E-state index < -0.39 is 9.84 Å². The summed E-state index contributed by atoms with van der Waals surface area (Å²) in [5, 5.41) is 3.22. The number of thioether (sulfide) groups is 1. The van der Waals surface area contributed by atoms with Crippen LogP contribution in [0.25, 0.3) is 0 Å². The molecule has 1 fully saturated rings. The maximum Gasteiger partial charge on any atom is 0.150 e. The molecular weight excluding hydrogens is 290 g/mol. The fraction of sp³-hybridized carbons (Fsp3) is 0.600. The zero-order valence-electron chi connectivity index (χ0n) is 11.9. The molecule has 0 bridgehead atoms. The van der Waals surface area contributed by atoms with Gasteiger partial charge in [-0.25, -0.2) is 8.42 Å². The van der Waals surface area contributed by atoms with Gasteiger partial charge in [-0.1, -0.05) is 18.2 Å². The largest absolute Gasteiger partial charge is 0.319 e. The van der Waals surface area contributed by atoms with Gasteiger partial charge in [0, 0.05) is 4.90 Å². The van der Waals surface area contributed by atoms with Gasteiger partial charge in [-0.15, -0.1) is 11.8 Å². The van der Waals surface area contributed by atoms with Crippen LogP contribution in [0.1, 0.15) is 12.8 Å². The first-order valence-electron chi connectivity index (χ1n) is 7.13. The van der Waals surface area contributed by atoms with Crippen molar-refractivity contribution in [1.29, 1.82) is 0 Å². The second kappa shape index (κ2) is 7.48. The monoisotopic (exact) mass is 313 g/mol. The SMILES string of the molecule is CNCC(CCSc1ccccc1)C1CCS(=O)(=O)C1. The Kier molecular flexibility index (Phi) is 5.93. The van der Waals surface area contributed by atoms with Gasteiger partial charge in [0.15, 0.2) is 9.84 Å². The third-order valence-corrected chi connectivity index (χ3v) is 6.74. The predicted molar refractivity (Wildman–Crippen MR) is 86.0 cm³/mol. The molecule has 1 aromatic carbocycles. The van der Waals surface area contributed by atoms with Crippen LogP contribution < -0.4 is 5.32 Å². The molecule has 1 saturated heterocycles. The van der Waals surface area contributed by atoms with Crippen LogP contribution in [0.5, 0.6) is 0 Å². The van der Waals surface area contributed by atoms with Crippen molar-refractivity contribution < 1.29 is 8.42 Å². The molecule has 0 radical (unpaired) electrons. The van der Waals surface area contributed by atoms with Crippen molar-refractivity contribution in [3.8, 4) is 0 Å². The van der Waals surface area contributed by atoms with Crippen LogP contribution in [-0.2, 0) is 9.84 Å². The number of hydrogen-bond acceptors (Lipinski definition) is 4. The highest BCUT2D eigenvalue weighted by Gasteiger charge is 2.32. The fourth-order valence-electron chi connectivity index (χ4n) is 2.81. The molecule has 112 valence electrons. The third-order valence-electron chi connectivity index (χ3n) is 3.90. The molecule has 1 aromatic rings. The number of sulfone groups is 1. The second-order valence-electron chi connectivity index (χ2n) is 5.43. The molecule has 2 unspecified atom stereocenters. The molecule has 0 saturated carbocycles. The summed E-state index contributed by atoms with van der Waals surface area (Å²) in [6.07, 6.45) is 1.91. The van der Waals surface area contributed by atoms with Crippen LogP contribution in [0.15, 0.2) is 35.2 Å². The predicted octanol–water partition coefficient (Wildman–Crippen LogP) is 2.44. The highest BCUT2D eigenvalue weighted by atomic mass is 32.2. The zero-order chi connectivity index (χ0) is 14.4. The van der Waals surface area contributed by atoms with Crippen LogP contribution in [0, 0.1) is 11.8 Å². The molecule has 0 amide bonds. The van der Waals surface area contributed by atoms with Crippen LogP contribution in [0.4, 0.5) is 0 Å². The fourth-order valence-corrected chi connectivity index (χ4v) is 5.73. The van der Waals surface area contributed by atoms with E-state index in [0.717, 1.165) is 25.1 Å². The maximum absolute atomic E-state index is 11.6.